The van der Waals surface area contributed by atoms with Gasteiger partial charge < -0.3 is 4.90 Å². The Bertz CT molecular complexity index is 519. The fourth-order valence-corrected chi connectivity index (χ4v) is 4.56. The Balaban J connectivity index is 2.17. The van der Waals surface area contributed by atoms with Gasteiger partial charge in [-0.15, -0.1) is 0 Å². The van der Waals surface area contributed by atoms with Gasteiger partial charge >= 0.3 is 0 Å². The molecule has 0 aliphatic carbocycles. The van der Waals surface area contributed by atoms with E-state index < -0.39 is 10.8 Å². The minimum Gasteiger partial charge on any atom is -0.337 e. The van der Waals surface area contributed by atoms with E-state index in [-0.39, 0.29) is 5.91 Å². The predicted octanol–water partition coefficient (Wildman–Crippen LogP) is 2.78. The molecule has 0 bridgehead atoms. The van der Waals surface area contributed by atoms with Crippen LogP contribution < -0.4 is 0 Å². The van der Waals surface area contributed by atoms with E-state index >= 15 is 0 Å². The topological polar surface area (TPSA) is 37.4 Å². The summed E-state index contributed by atoms with van der Waals surface area (Å²) in [6, 6.07) is 7.87. The monoisotopic (exact) mass is 325 g/mol. The molecule has 1 aromatic carbocycles. The van der Waals surface area contributed by atoms with Crippen molar-refractivity contribution in [2.75, 3.05) is 30.3 Å². The van der Waals surface area contributed by atoms with Gasteiger partial charge in [-0.25, -0.2) is 0 Å². The van der Waals surface area contributed by atoms with Crippen LogP contribution in [0.2, 0.25) is 0 Å². The van der Waals surface area contributed by atoms with Crippen molar-refractivity contribution >= 4 is 28.5 Å². The number of carbonyl (C=O) groups excluding carboxylic acids is 1. The van der Waals surface area contributed by atoms with E-state index in [2.05, 4.69) is 13.8 Å². The first-order valence-electron chi connectivity index (χ1n) is 7.41. The molecule has 3 nitrogen and oxygen atoms in total. The van der Waals surface area contributed by atoms with Crippen LogP contribution in [-0.2, 0) is 16.6 Å². The fourth-order valence-electron chi connectivity index (χ4n) is 2.55. The average molecular weight is 325 g/mol. The molecule has 5 heteroatoms. The Hall–Kier alpha value is -0.810. The van der Waals surface area contributed by atoms with Crippen molar-refractivity contribution in [3.8, 4) is 0 Å². The van der Waals surface area contributed by atoms with Crippen LogP contribution in [0.1, 0.15) is 29.8 Å². The van der Waals surface area contributed by atoms with Crippen molar-refractivity contribution in [3.05, 3.63) is 35.4 Å². The summed E-state index contributed by atoms with van der Waals surface area (Å²) in [6.45, 7) is 5.51. The maximum Gasteiger partial charge on any atom is 0.254 e. The van der Waals surface area contributed by atoms with E-state index in [0.29, 0.717) is 30.5 Å². The molecule has 1 heterocycles. The van der Waals surface area contributed by atoms with Crippen LogP contribution in [-0.4, -0.2) is 45.4 Å². The Morgan fingerprint density at radius 3 is 2.95 bits per heavy atom. The molecule has 0 spiro atoms. The second kappa shape index (κ2) is 7.99. The van der Waals surface area contributed by atoms with Crippen molar-refractivity contribution in [3.63, 3.8) is 0 Å². The van der Waals surface area contributed by atoms with Gasteiger partial charge in [-0.1, -0.05) is 32.0 Å². The number of hydrogen-bond donors (Lipinski definition) is 0. The van der Waals surface area contributed by atoms with E-state index in [9.17, 15) is 9.00 Å². The van der Waals surface area contributed by atoms with Crippen LogP contribution in [0.5, 0.6) is 0 Å². The molecule has 1 saturated heterocycles. The molecule has 0 saturated carbocycles. The summed E-state index contributed by atoms with van der Waals surface area (Å²) in [6.07, 6.45) is 0. The Morgan fingerprint density at radius 2 is 2.19 bits per heavy atom. The van der Waals surface area contributed by atoms with Crippen molar-refractivity contribution in [2.24, 2.45) is 5.92 Å². The second-order valence-corrected chi connectivity index (χ2v) is 8.36. The molecule has 0 radical (unpaired) electrons. The summed E-state index contributed by atoms with van der Waals surface area (Å²) in [7, 11) is -0.789. The summed E-state index contributed by atoms with van der Waals surface area (Å²) in [4.78, 5) is 14.7. The average Bonchev–Trinajstić information content (AvgIpc) is 2.65. The number of rotatable bonds is 4. The number of benzene rings is 1. The standard InChI is InChI=1S/C16H23NO2S2/c1-3-20-11-14-6-4-5-7-15(14)16(18)17-8-9-21(19)12-13(2)10-17/h4-7,13H,3,8-12H2,1-2H3. The highest BCUT2D eigenvalue weighted by atomic mass is 32.2. The summed E-state index contributed by atoms with van der Waals surface area (Å²) in [5.41, 5.74) is 1.91. The minimum absolute atomic E-state index is 0.0908. The number of nitrogens with zero attached hydrogens (tertiary/aromatic N) is 1. The first kappa shape index (κ1) is 16.6. The van der Waals surface area contributed by atoms with Gasteiger partial charge in [0.1, 0.15) is 0 Å². The largest absolute Gasteiger partial charge is 0.337 e. The molecule has 1 fully saturated rings. The molecule has 0 aromatic heterocycles. The molecule has 2 atom stereocenters. The summed E-state index contributed by atoms with van der Waals surface area (Å²) >= 11 is 1.83. The van der Waals surface area contributed by atoms with Gasteiger partial charge in [0.15, 0.2) is 0 Å². The second-order valence-electron chi connectivity index (χ2n) is 5.46. The molecule has 21 heavy (non-hydrogen) atoms. The number of hydrogen-bond acceptors (Lipinski definition) is 3. The van der Waals surface area contributed by atoms with Crippen LogP contribution in [0.3, 0.4) is 0 Å². The predicted molar refractivity (Wildman–Crippen MR) is 91.2 cm³/mol. The van der Waals surface area contributed by atoms with E-state index in [1.54, 1.807) is 0 Å². The Morgan fingerprint density at radius 1 is 1.43 bits per heavy atom. The zero-order valence-electron chi connectivity index (χ0n) is 12.7. The van der Waals surface area contributed by atoms with Gasteiger partial charge in [0.25, 0.3) is 5.91 Å². The van der Waals surface area contributed by atoms with Crippen LogP contribution >= 0.6 is 11.8 Å². The quantitative estimate of drug-likeness (QED) is 0.854. The summed E-state index contributed by atoms with van der Waals surface area (Å²) < 4.78 is 11.8. The van der Waals surface area contributed by atoms with Crippen molar-refractivity contribution in [1.82, 2.24) is 4.90 Å². The molecule has 1 aliphatic heterocycles. The number of thioether (sulfide) groups is 1. The molecule has 116 valence electrons. The zero-order chi connectivity index (χ0) is 15.2. The molecular formula is C16H23NO2S2. The van der Waals surface area contributed by atoms with Gasteiger partial charge in [0.2, 0.25) is 0 Å². The SMILES string of the molecule is CCSCc1ccccc1C(=O)N1CCS(=O)CC(C)C1. The Labute approximate surface area is 133 Å². The maximum atomic E-state index is 12.8. The zero-order valence-corrected chi connectivity index (χ0v) is 14.3. The van der Waals surface area contributed by atoms with E-state index in [4.69, 9.17) is 0 Å². The van der Waals surface area contributed by atoms with Crippen LogP contribution in [0.15, 0.2) is 24.3 Å². The van der Waals surface area contributed by atoms with Gasteiger partial charge in [-0.2, -0.15) is 11.8 Å². The van der Waals surface area contributed by atoms with E-state index in [1.807, 2.05) is 40.9 Å². The lowest BCUT2D eigenvalue weighted by atomic mass is 10.1. The molecular weight excluding hydrogens is 302 g/mol. The number of carbonyl (C=O) groups is 1. The van der Waals surface area contributed by atoms with Crippen LogP contribution in [0.25, 0.3) is 0 Å². The molecule has 2 rings (SSSR count). The highest BCUT2D eigenvalue weighted by molar-refractivity contribution is 7.98. The van der Waals surface area contributed by atoms with Gasteiger partial charge in [-0.3, -0.25) is 9.00 Å². The van der Waals surface area contributed by atoms with Crippen molar-refractivity contribution < 1.29 is 9.00 Å². The van der Waals surface area contributed by atoms with Crippen LogP contribution in [0.4, 0.5) is 0 Å². The van der Waals surface area contributed by atoms with E-state index in [0.717, 1.165) is 22.6 Å². The van der Waals surface area contributed by atoms with Crippen molar-refractivity contribution in [2.45, 2.75) is 19.6 Å². The molecule has 1 aromatic rings. The maximum absolute atomic E-state index is 12.8. The van der Waals surface area contributed by atoms with Crippen LogP contribution in [0, 0.1) is 5.92 Å². The van der Waals surface area contributed by atoms with Gasteiger partial charge in [0, 0.05) is 46.7 Å². The summed E-state index contributed by atoms with van der Waals surface area (Å²) in [5, 5.41) is 0. The lowest BCUT2D eigenvalue weighted by molar-refractivity contribution is 0.0751. The van der Waals surface area contributed by atoms with Gasteiger partial charge in [0.05, 0.1) is 0 Å². The third kappa shape index (κ3) is 4.58. The lowest BCUT2D eigenvalue weighted by Gasteiger charge is -2.23. The summed E-state index contributed by atoms with van der Waals surface area (Å²) in [5.74, 6) is 3.61. The first-order chi connectivity index (χ1) is 10.1. The minimum atomic E-state index is -0.789. The third-order valence-electron chi connectivity index (χ3n) is 3.59. The van der Waals surface area contributed by atoms with Crippen molar-refractivity contribution in [1.29, 1.82) is 0 Å². The third-order valence-corrected chi connectivity index (χ3v) is 6.09. The molecule has 1 amide bonds. The highest BCUT2D eigenvalue weighted by Crippen LogP contribution is 2.19. The molecule has 2 unspecified atom stereocenters. The van der Waals surface area contributed by atoms with Gasteiger partial charge in [-0.05, 0) is 23.3 Å². The highest BCUT2D eigenvalue weighted by Gasteiger charge is 2.24. The molecule has 0 N–H and O–H groups in total. The normalized spacial score (nSPS) is 22.9. The smallest absolute Gasteiger partial charge is 0.254 e. The first-order valence-corrected chi connectivity index (χ1v) is 10.1. The fraction of sp³-hybridized carbons (Fsp3) is 0.562. The lowest BCUT2D eigenvalue weighted by Crippen LogP contribution is -2.35. The Kier molecular flexibility index (Phi) is 6.30. The number of amides is 1. The van der Waals surface area contributed by atoms with E-state index in [1.165, 1.54) is 0 Å². The molecule has 1 aliphatic rings.